The number of carbonyl (C=O) groups excluding carboxylic acids is 2. The maximum absolute atomic E-state index is 13.0. The van der Waals surface area contributed by atoms with Crippen molar-refractivity contribution in [3.05, 3.63) is 51.2 Å². The van der Waals surface area contributed by atoms with Crippen molar-refractivity contribution in [3.63, 3.8) is 0 Å². The fourth-order valence-corrected chi connectivity index (χ4v) is 3.95. The van der Waals surface area contributed by atoms with E-state index in [4.69, 9.17) is 11.6 Å². The summed E-state index contributed by atoms with van der Waals surface area (Å²) in [4.78, 5) is 34.1. The van der Waals surface area contributed by atoms with E-state index in [0.29, 0.717) is 36.2 Å². The van der Waals surface area contributed by atoms with Crippen molar-refractivity contribution in [1.29, 1.82) is 0 Å². The molecule has 2 aliphatic heterocycles. The Labute approximate surface area is 160 Å². The van der Waals surface area contributed by atoms with Crippen LogP contribution in [0.5, 0.6) is 0 Å². The number of hydrogen-bond donors (Lipinski definition) is 1. The predicted molar refractivity (Wildman–Crippen MR) is 103 cm³/mol. The number of anilines is 1. The molecule has 1 aromatic carbocycles. The summed E-state index contributed by atoms with van der Waals surface area (Å²) in [5, 5.41) is 5.35. The number of amides is 3. The standard InChI is InChI=1S/C18H17ClN4O2S/c19-12-4-5-14-15(9-12)23(18(25)22-7-2-6-20-17(14)22)11-16(24)21-10-13-3-1-8-26-13/h1,3-5,8-9H,2,6-7,10-11H2,(H,21,24). The molecule has 1 aromatic heterocycles. The van der Waals surface area contributed by atoms with Crippen molar-refractivity contribution in [3.8, 4) is 0 Å². The van der Waals surface area contributed by atoms with Crippen LogP contribution in [-0.2, 0) is 11.3 Å². The van der Waals surface area contributed by atoms with Gasteiger partial charge in [-0.1, -0.05) is 17.7 Å². The number of nitrogens with zero attached hydrogens (tertiary/aromatic N) is 3. The van der Waals surface area contributed by atoms with Gasteiger partial charge in [-0.25, -0.2) is 4.79 Å². The van der Waals surface area contributed by atoms with E-state index in [-0.39, 0.29) is 18.5 Å². The van der Waals surface area contributed by atoms with E-state index in [2.05, 4.69) is 10.3 Å². The van der Waals surface area contributed by atoms with Crippen LogP contribution in [0.15, 0.2) is 40.7 Å². The lowest BCUT2D eigenvalue weighted by molar-refractivity contribution is -0.119. The second kappa shape index (κ2) is 7.09. The first-order chi connectivity index (χ1) is 12.6. The van der Waals surface area contributed by atoms with Gasteiger partial charge < -0.3 is 5.32 Å². The topological polar surface area (TPSA) is 65.0 Å². The highest BCUT2D eigenvalue weighted by Gasteiger charge is 2.37. The van der Waals surface area contributed by atoms with Gasteiger partial charge in [0, 0.05) is 28.6 Å². The molecule has 2 aromatic rings. The van der Waals surface area contributed by atoms with Gasteiger partial charge in [0.1, 0.15) is 12.4 Å². The minimum atomic E-state index is -0.232. The van der Waals surface area contributed by atoms with Crippen LogP contribution in [-0.4, -0.2) is 42.3 Å². The van der Waals surface area contributed by atoms with Gasteiger partial charge in [0.2, 0.25) is 5.91 Å². The molecule has 0 radical (unpaired) electrons. The zero-order valence-corrected chi connectivity index (χ0v) is 15.5. The van der Waals surface area contributed by atoms with Crippen molar-refractivity contribution in [2.24, 2.45) is 4.99 Å². The molecule has 0 atom stereocenters. The number of hydrogen-bond acceptors (Lipinski definition) is 4. The van der Waals surface area contributed by atoms with Crippen molar-refractivity contribution in [1.82, 2.24) is 10.2 Å². The maximum atomic E-state index is 13.0. The smallest absolute Gasteiger partial charge is 0.330 e. The normalized spacial score (nSPS) is 16.0. The third kappa shape index (κ3) is 3.20. The van der Waals surface area contributed by atoms with Crippen LogP contribution < -0.4 is 10.2 Å². The Kier molecular flexibility index (Phi) is 4.65. The average molecular weight is 389 g/mol. The number of carbonyl (C=O) groups is 2. The van der Waals surface area contributed by atoms with E-state index in [1.165, 1.54) is 4.90 Å². The number of rotatable bonds is 4. The minimum absolute atomic E-state index is 0.0542. The van der Waals surface area contributed by atoms with Crippen LogP contribution in [0.2, 0.25) is 5.02 Å². The first kappa shape index (κ1) is 17.1. The molecule has 1 N–H and O–H groups in total. The van der Waals surface area contributed by atoms with Crippen LogP contribution in [0, 0.1) is 0 Å². The van der Waals surface area contributed by atoms with Gasteiger partial charge >= 0.3 is 6.03 Å². The number of aliphatic imine (C=N–C) groups is 1. The van der Waals surface area contributed by atoms with E-state index < -0.39 is 0 Å². The summed E-state index contributed by atoms with van der Waals surface area (Å²) in [5.74, 6) is 0.457. The molecule has 26 heavy (non-hydrogen) atoms. The number of nitrogens with one attached hydrogen (secondary N) is 1. The molecule has 6 nitrogen and oxygen atoms in total. The number of halogens is 1. The highest BCUT2D eigenvalue weighted by atomic mass is 35.5. The van der Waals surface area contributed by atoms with E-state index in [9.17, 15) is 9.59 Å². The van der Waals surface area contributed by atoms with E-state index in [0.717, 1.165) is 16.9 Å². The molecule has 0 aliphatic carbocycles. The Morgan fingerprint density at radius 3 is 3.04 bits per heavy atom. The summed E-state index contributed by atoms with van der Waals surface area (Å²) < 4.78 is 0. The third-order valence-electron chi connectivity index (χ3n) is 4.35. The van der Waals surface area contributed by atoms with Gasteiger partial charge in [-0.15, -0.1) is 11.3 Å². The SMILES string of the molecule is O=C(CN1C(=O)N2CCCN=C2c2ccc(Cl)cc21)NCc1cccs1. The average Bonchev–Trinajstić information content (AvgIpc) is 3.17. The maximum Gasteiger partial charge on any atom is 0.330 e. The lowest BCUT2D eigenvalue weighted by Gasteiger charge is -2.39. The van der Waals surface area contributed by atoms with Crippen molar-refractivity contribution in [2.45, 2.75) is 13.0 Å². The molecule has 0 fully saturated rings. The molecule has 0 saturated carbocycles. The van der Waals surface area contributed by atoms with Gasteiger partial charge in [0.15, 0.2) is 0 Å². The van der Waals surface area contributed by atoms with Crippen molar-refractivity contribution < 1.29 is 9.59 Å². The molecule has 0 spiro atoms. The second-order valence-corrected chi connectivity index (χ2v) is 7.57. The summed E-state index contributed by atoms with van der Waals surface area (Å²) in [6.07, 6.45) is 0.816. The Bertz CT molecular complexity index is 881. The lowest BCUT2D eigenvalue weighted by Crippen LogP contribution is -2.55. The molecular formula is C18H17ClN4O2S. The molecule has 3 heterocycles. The number of thiophene rings is 1. The number of urea groups is 1. The van der Waals surface area contributed by atoms with Gasteiger partial charge in [-0.3, -0.25) is 19.6 Å². The van der Waals surface area contributed by atoms with Gasteiger partial charge in [-0.05, 0) is 36.1 Å². The van der Waals surface area contributed by atoms with E-state index in [1.807, 2.05) is 23.6 Å². The zero-order chi connectivity index (χ0) is 18.1. The molecule has 8 heteroatoms. The highest BCUT2D eigenvalue weighted by Crippen LogP contribution is 2.32. The molecule has 4 rings (SSSR count). The molecule has 0 bridgehead atoms. The summed E-state index contributed by atoms with van der Waals surface area (Å²) >= 11 is 7.72. The molecule has 3 amide bonds. The molecular weight excluding hydrogens is 372 g/mol. The minimum Gasteiger partial charge on any atom is -0.350 e. The van der Waals surface area contributed by atoms with Gasteiger partial charge in [0.25, 0.3) is 0 Å². The van der Waals surface area contributed by atoms with Crippen molar-refractivity contribution >= 4 is 46.4 Å². The Balaban J connectivity index is 1.59. The fourth-order valence-electron chi connectivity index (χ4n) is 3.14. The summed E-state index contributed by atoms with van der Waals surface area (Å²) in [7, 11) is 0. The second-order valence-electron chi connectivity index (χ2n) is 6.10. The monoisotopic (exact) mass is 388 g/mol. The molecule has 2 aliphatic rings. The quantitative estimate of drug-likeness (QED) is 0.874. The van der Waals surface area contributed by atoms with E-state index >= 15 is 0 Å². The van der Waals surface area contributed by atoms with Crippen LogP contribution in [0.1, 0.15) is 16.9 Å². The van der Waals surface area contributed by atoms with Crippen LogP contribution in [0.25, 0.3) is 0 Å². The van der Waals surface area contributed by atoms with Crippen LogP contribution in [0.3, 0.4) is 0 Å². The zero-order valence-electron chi connectivity index (χ0n) is 13.9. The van der Waals surface area contributed by atoms with Crippen molar-refractivity contribution in [2.75, 3.05) is 24.5 Å². The number of benzene rings is 1. The predicted octanol–water partition coefficient (Wildman–Crippen LogP) is 3.11. The van der Waals surface area contributed by atoms with Gasteiger partial charge in [-0.2, -0.15) is 0 Å². The van der Waals surface area contributed by atoms with Crippen LogP contribution >= 0.6 is 22.9 Å². The number of fused-ring (bicyclic) bond motifs is 3. The van der Waals surface area contributed by atoms with Gasteiger partial charge in [0.05, 0.1) is 12.2 Å². The first-order valence-corrected chi connectivity index (χ1v) is 9.62. The number of amidine groups is 1. The molecule has 0 saturated heterocycles. The molecule has 134 valence electrons. The Hall–Kier alpha value is -2.38. The fraction of sp³-hybridized carbons (Fsp3) is 0.278. The largest absolute Gasteiger partial charge is 0.350 e. The van der Waals surface area contributed by atoms with Crippen LogP contribution in [0.4, 0.5) is 10.5 Å². The Morgan fingerprint density at radius 2 is 2.23 bits per heavy atom. The molecule has 0 unspecified atom stereocenters. The summed E-state index contributed by atoms with van der Waals surface area (Å²) in [5.41, 5.74) is 1.46. The van der Waals surface area contributed by atoms with E-state index in [1.54, 1.807) is 28.4 Å². The summed E-state index contributed by atoms with van der Waals surface area (Å²) in [6, 6.07) is 9.02. The Morgan fingerprint density at radius 1 is 1.35 bits per heavy atom. The first-order valence-electron chi connectivity index (χ1n) is 8.36. The lowest BCUT2D eigenvalue weighted by atomic mass is 10.1. The summed E-state index contributed by atoms with van der Waals surface area (Å²) in [6.45, 7) is 1.70. The highest BCUT2D eigenvalue weighted by molar-refractivity contribution is 7.09. The third-order valence-corrected chi connectivity index (χ3v) is 5.46.